The molecular weight excluding hydrogens is 332 g/mol. The van der Waals surface area contributed by atoms with Crippen molar-refractivity contribution in [1.29, 1.82) is 5.26 Å². The summed E-state index contributed by atoms with van der Waals surface area (Å²) in [5, 5.41) is 12.8. The molecule has 2 rings (SSSR count). The smallest absolute Gasteiger partial charge is 0.103 e. The van der Waals surface area contributed by atoms with Gasteiger partial charge in [0.1, 0.15) is 6.07 Å². The first kappa shape index (κ1) is 15.0. The molecule has 2 nitrogen and oxygen atoms in total. The van der Waals surface area contributed by atoms with E-state index in [0.29, 0.717) is 5.56 Å². The van der Waals surface area contributed by atoms with Crippen molar-refractivity contribution in [3.63, 3.8) is 0 Å². The number of hydrogen-bond acceptors (Lipinski definition) is 3. The third kappa shape index (κ3) is 3.36. The normalized spacial score (nSPS) is 10.1. The molecule has 2 aromatic rings. The Labute approximate surface area is 132 Å². The zero-order valence-corrected chi connectivity index (χ0v) is 13.8. The second kappa shape index (κ2) is 6.83. The minimum atomic E-state index is 0.707. The van der Waals surface area contributed by atoms with Crippen molar-refractivity contribution in [3.8, 4) is 6.07 Å². The predicted molar refractivity (Wildman–Crippen MR) is 89.7 cm³/mol. The van der Waals surface area contributed by atoms with Crippen LogP contribution in [0.2, 0.25) is 0 Å². The lowest BCUT2D eigenvalue weighted by atomic mass is 10.1. The van der Waals surface area contributed by atoms with E-state index >= 15 is 0 Å². The summed E-state index contributed by atoms with van der Waals surface area (Å²) in [6.45, 7) is 4.13. The molecule has 102 valence electrons. The summed E-state index contributed by atoms with van der Waals surface area (Å²) in [5.74, 6) is 0.952. The molecule has 4 heteroatoms. The summed E-state index contributed by atoms with van der Waals surface area (Å²) >= 11 is 5.16. The van der Waals surface area contributed by atoms with E-state index in [2.05, 4.69) is 34.2 Å². The Morgan fingerprint density at radius 1 is 1.25 bits per heavy atom. The van der Waals surface area contributed by atoms with Crippen LogP contribution in [0.3, 0.4) is 0 Å². The zero-order chi connectivity index (χ0) is 14.5. The average molecular weight is 347 g/mol. The minimum absolute atomic E-state index is 0.707. The third-order valence-electron chi connectivity index (χ3n) is 2.91. The van der Waals surface area contributed by atoms with E-state index in [9.17, 15) is 5.26 Å². The minimum Gasteiger partial charge on any atom is -0.354 e. The summed E-state index contributed by atoms with van der Waals surface area (Å²) in [4.78, 5) is 1.02. The van der Waals surface area contributed by atoms with Crippen LogP contribution in [0.15, 0.2) is 45.8 Å². The van der Waals surface area contributed by atoms with Gasteiger partial charge in [-0.2, -0.15) is 5.26 Å². The van der Waals surface area contributed by atoms with Crippen molar-refractivity contribution >= 4 is 39.1 Å². The van der Waals surface area contributed by atoms with E-state index in [1.54, 1.807) is 11.8 Å². The van der Waals surface area contributed by atoms with E-state index in [-0.39, 0.29) is 0 Å². The predicted octanol–water partition coefficient (Wildman–Crippen LogP) is 5.48. The average Bonchev–Trinajstić information content (AvgIpc) is 2.43. The van der Waals surface area contributed by atoms with Gasteiger partial charge in [0.15, 0.2) is 0 Å². The van der Waals surface area contributed by atoms with Crippen molar-refractivity contribution in [2.75, 3.05) is 11.1 Å². The lowest BCUT2D eigenvalue weighted by Crippen LogP contribution is -1.97. The van der Waals surface area contributed by atoms with E-state index < -0.39 is 0 Å². The Bertz CT molecular complexity index is 662. The first-order valence-electron chi connectivity index (χ1n) is 6.34. The van der Waals surface area contributed by atoms with Crippen LogP contribution in [-0.4, -0.2) is 5.75 Å². The van der Waals surface area contributed by atoms with Crippen molar-refractivity contribution in [1.82, 2.24) is 0 Å². The molecule has 0 bridgehead atoms. The molecule has 2 aromatic carbocycles. The fourth-order valence-corrected chi connectivity index (χ4v) is 3.05. The molecule has 0 heterocycles. The highest BCUT2D eigenvalue weighted by molar-refractivity contribution is 9.10. The number of hydrogen-bond donors (Lipinski definition) is 1. The molecule has 0 aliphatic heterocycles. The molecule has 0 amide bonds. The van der Waals surface area contributed by atoms with Gasteiger partial charge in [0.25, 0.3) is 0 Å². The summed E-state index contributed by atoms with van der Waals surface area (Å²) in [5.41, 5.74) is 3.71. The third-order valence-corrected chi connectivity index (χ3v) is 4.34. The molecule has 0 atom stereocenters. The molecule has 0 aliphatic rings. The Morgan fingerprint density at radius 2 is 2.05 bits per heavy atom. The lowest BCUT2D eigenvalue weighted by molar-refractivity contribution is 1.33. The highest BCUT2D eigenvalue weighted by Gasteiger charge is 2.09. The topological polar surface area (TPSA) is 35.8 Å². The van der Waals surface area contributed by atoms with E-state index in [4.69, 9.17) is 0 Å². The fraction of sp³-hybridized carbons (Fsp3) is 0.188. The van der Waals surface area contributed by atoms with E-state index in [0.717, 1.165) is 32.1 Å². The van der Waals surface area contributed by atoms with Crippen molar-refractivity contribution < 1.29 is 0 Å². The SMILES string of the molecule is CCSc1cccc(Nc2cc(Br)ccc2C)c1C#N. The van der Waals surface area contributed by atoms with Gasteiger partial charge in [-0.15, -0.1) is 11.8 Å². The van der Waals surface area contributed by atoms with Gasteiger partial charge in [0, 0.05) is 15.1 Å². The second-order valence-electron chi connectivity index (χ2n) is 4.31. The highest BCUT2D eigenvalue weighted by Crippen LogP contribution is 2.31. The lowest BCUT2D eigenvalue weighted by Gasteiger charge is -2.13. The van der Waals surface area contributed by atoms with Crippen LogP contribution in [0, 0.1) is 18.3 Å². The number of nitriles is 1. The number of aryl methyl sites for hydroxylation is 1. The number of anilines is 2. The molecule has 1 N–H and O–H groups in total. The molecule has 0 aromatic heterocycles. The molecule has 0 saturated heterocycles. The maximum atomic E-state index is 9.42. The van der Waals surface area contributed by atoms with Gasteiger partial charge in [-0.05, 0) is 42.5 Å². The summed E-state index contributed by atoms with van der Waals surface area (Å²) < 4.78 is 1.02. The first-order chi connectivity index (χ1) is 9.65. The number of nitrogens with one attached hydrogen (secondary N) is 1. The molecule has 0 spiro atoms. The highest BCUT2D eigenvalue weighted by atomic mass is 79.9. The van der Waals surface area contributed by atoms with Gasteiger partial charge in [0.05, 0.1) is 11.3 Å². The standard InChI is InChI=1S/C16H15BrN2S/c1-3-20-16-6-4-5-14(13(16)10-18)19-15-9-12(17)8-7-11(15)2/h4-9,19H,3H2,1-2H3. The first-order valence-corrected chi connectivity index (χ1v) is 8.12. The molecule has 0 aliphatic carbocycles. The van der Waals surface area contributed by atoms with Crippen LogP contribution >= 0.6 is 27.7 Å². The quantitative estimate of drug-likeness (QED) is 0.744. The second-order valence-corrected chi connectivity index (χ2v) is 6.53. The van der Waals surface area contributed by atoms with Crippen LogP contribution in [0.25, 0.3) is 0 Å². The molecule has 0 unspecified atom stereocenters. The maximum Gasteiger partial charge on any atom is 0.103 e. The van der Waals surface area contributed by atoms with Crippen LogP contribution in [0.5, 0.6) is 0 Å². The molecule has 0 saturated carbocycles. The van der Waals surface area contributed by atoms with Gasteiger partial charge in [0.2, 0.25) is 0 Å². The Morgan fingerprint density at radius 3 is 2.75 bits per heavy atom. The van der Waals surface area contributed by atoms with Crippen molar-refractivity contribution in [3.05, 3.63) is 52.0 Å². The Balaban J connectivity index is 2.41. The number of nitrogens with zero attached hydrogens (tertiary/aromatic N) is 1. The molecule has 0 fully saturated rings. The van der Waals surface area contributed by atoms with E-state index in [1.165, 1.54) is 0 Å². The largest absolute Gasteiger partial charge is 0.354 e. The Hall–Kier alpha value is -1.44. The van der Waals surface area contributed by atoms with Gasteiger partial charge in [-0.1, -0.05) is 35.0 Å². The van der Waals surface area contributed by atoms with Crippen molar-refractivity contribution in [2.24, 2.45) is 0 Å². The zero-order valence-electron chi connectivity index (χ0n) is 11.4. The summed E-state index contributed by atoms with van der Waals surface area (Å²) in [6, 6.07) is 14.3. The molecular formula is C16H15BrN2S. The summed E-state index contributed by atoms with van der Waals surface area (Å²) in [7, 11) is 0. The fourth-order valence-electron chi connectivity index (χ4n) is 1.90. The number of halogens is 1. The van der Waals surface area contributed by atoms with Gasteiger partial charge >= 0.3 is 0 Å². The van der Waals surface area contributed by atoms with Gasteiger partial charge in [-0.25, -0.2) is 0 Å². The summed E-state index contributed by atoms with van der Waals surface area (Å²) in [6.07, 6.45) is 0. The van der Waals surface area contributed by atoms with Crippen LogP contribution in [0.4, 0.5) is 11.4 Å². The monoisotopic (exact) mass is 346 g/mol. The van der Waals surface area contributed by atoms with Gasteiger partial charge in [-0.3, -0.25) is 0 Å². The number of benzene rings is 2. The maximum absolute atomic E-state index is 9.42. The van der Waals surface area contributed by atoms with Crippen LogP contribution in [0.1, 0.15) is 18.1 Å². The molecule has 20 heavy (non-hydrogen) atoms. The van der Waals surface area contributed by atoms with Gasteiger partial charge < -0.3 is 5.32 Å². The van der Waals surface area contributed by atoms with E-state index in [1.807, 2.05) is 43.3 Å². The number of thioether (sulfide) groups is 1. The molecule has 0 radical (unpaired) electrons. The van der Waals surface area contributed by atoms with Crippen LogP contribution < -0.4 is 5.32 Å². The number of rotatable bonds is 4. The van der Waals surface area contributed by atoms with Crippen molar-refractivity contribution in [2.45, 2.75) is 18.7 Å². The Kier molecular flexibility index (Phi) is 5.11. The van der Waals surface area contributed by atoms with Crippen LogP contribution in [-0.2, 0) is 0 Å².